The molecule has 0 amide bonds. The fraction of sp³-hybridized carbons (Fsp3) is 0.800. The predicted octanol–water partition coefficient (Wildman–Crippen LogP) is -0.177. The third kappa shape index (κ3) is 0.980. The van der Waals surface area contributed by atoms with Gasteiger partial charge < -0.3 is 10.4 Å². The molecule has 8 heavy (non-hydrogen) atoms. The van der Waals surface area contributed by atoms with Crippen molar-refractivity contribution in [3.63, 3.8) is 0 Å². The van der Waals surface area contributed by atoms with Crippen LogP contribution in [0.5, 0.6) is 0 Å². The highest BCUT2D eigenvalue weighted by Crippen LogP contribution is 2.03. The van der Waals surface area contributed by atoms with Crippen LogP contribution in [0, 0.1) is 0 Å². The monoisotopic (exact) mass is 116 g/mol. The first-order valence-corrected chi connectivity index (χ1v) is 2.77. The van der Waals surface area contributed by atoms with Gasteiger partial charge in [-0.2, -0.15) is 0 Å². The van der Waals surface area contributed by atoms with E-state index in [9.17, 15) is 4.79 Å². The van der Waals surface area contributed by atoms with Gasteiger partial charge in [0, 0.05) is 0 Å². The topological polar surface area (TPSA) is 49.3 Å². The lowest BCUT2D eigenvalue weighted by Crippen LogP contribution is -2.29. The van der Waals surface area contributed by atoms with Crippen molar-refractivity contribution in [2.75, 3.05) is 6.54 Å². The Morgan fingerprint density at radius 3 is 2.75 bits per heavy atom. The number of carbonyl (C=O) groups is 1. The third-order valence-electron chi connectivity index (χ3n) is 1.36. The average molecular weight is 116 g/mol. The lowest BCUT2D eigenvalue weighted by Gasteiger charge is -1.99. The number of carboxylic acid groups (broad SMARTS) is 1. The summed E-state index contributed by atoms with van der Waals surface area (Å²) in [5.74, 6) is -0.720. The maximum Gasteiger partial charge on any atom is 0.320 e. The number of carboxylic acids is 1. The largest absolute Gasteiger partial charge is 0.480 e. The van der Waals surface area contributed by atoms with Crippen LogP contribution < -0.4 is 5.32 Å². The van der Waals surface area contributed by atoms with E-state index in [0.717, 1.165) is 19.4 Å². The van der Waals surface area contributed by atoms with Gasteiger partial charge in [0.1, 0.15) is 6.04 Å². The minimum absolute atomic E-state index is 0.269. The molecule has 0 aliphatic carbocycles. The van der Waals surface area contributed by atoms with Gasteiger partial charge in [0.25, 0.3) is 0 Å². The highest BCUT2D eigenvalue weighted by molar-refractivity contribution is 5.73. The first-order chi connectivity index (χ1) is 3.80. The van der Waals surface area contributed by atoms with Crippen LogP contribution in [0.1, 0.15) is 12.8 Å². The minimum Gasteiger partial charge on any atom is -0.480 e. The van der Waals surface area contributed by atoms with E-state index in [1.807, 2.05) is 0 Å². The van der Waals surface area contributed by atoms with E-state index < -0.39 is 5.97 Å². The minimum atomic E-state index is -0.720. The second kappa shape index (κ2) is 2.13. The van der Waals surface area contributed by atoms with Crippen LogP contribution >= 0.6 is 0 Å². The van der Waals surface area contributed by atoms with Crippen LogP contribution in [0.3, 0.4) is 0 Å². The Morgan fingerprint density at radius 1 is 1.75 bits per heavy atom. The summed E-state index contributed by atoms with van der Waals surface area (Å²) >= 11 is 0. The van der Waals surface area contributed by atoms with Crippen molar-refractivity contribution in [3.8, 4) is 0 Å². The zero-order chi connectivity index (χ0) is 5.98. The summed E-state index contributed by atoms with van der Waals surface area (Å²) in [5.41, 5.74) is 0. The van der Waals surface area contributed by atoms with Crippen molar-refractivity contribution in [2.24, 2.45) is 0 Å². The lowest BCUT2D eigenvalue weighted by atomic mass is 10.4. The number of hydrogen-bond donors (Lipinski definition) is 2. The van der Waals surface area contributed by atoms with Crippen molar-refractivity contribution in [1.82, 2.24) is 5.32 Å². The van der Waals surface area contributed by atoms with Crippen molar-refractivity contribution in [1.29, 1.82) is 0 Å². The standard InChI is InChI=1S/C5H9NO2/c7-5(8)4-2-1-3-6-4/h4,6H,1-3H2,(H,7,8)/t4-/m1/s1/i4+1. The molecule has 0 bridgehead atoms. The Labute approximate surface area is 47.7 Å². The molecule has 1 heterocycles. The van der Waals surface area contributed by atoms with Gasteiger partial charge in [0.15, 0.2) is 0 Å². The molecule has 3 nitrogen and oxygen atoms in total. The van der Waals surface area contributed by atoms with Gasteiger partial charge in [0.05, 0.1) is 0 Å². The summed E-state index contributed by atoms with van der Waals surface area (Å²) in [6.45, 7) is 0.858. The molecule has 1 fully saturated rings. The number of nitrogens with one attached hydrogen (secondary N) is 1. The summed E-state index contributed by atoms with van der Waals surface area (Å²) in [7, 11) is 0. The van der Waals surface area contributed by atoms with Crippen molar-refractivity contribution >= 4 is 5.97 Å². The molecule has 0 saturated carbocycles. The van der Waals surface area contributed by atoms with E-state index in [1.54, 1.807) is 0 Å². The molecule has 1 atom stereocenters. The highest BCUT2D eigenvalue weighted by Gasteiger charge is 2.20. The molecular weight excluding hydrogens is 107 g/mol. The lowest BCUT2D eigenvalue weighted by molar-refractivity contribution is -0.139. The fourth-order valence-corrected chi connectivity index (χ4v) is 0.895. The van der Waals surface area contributed by atoms with Crippen LogP contribution in [-0.2, 0) is 4.79 Å². The fourth-order valence-electron chi connectivity index (χ4n) is 0.895. The summed E-state index contributed by atoms with van der Waals surface area (Å²) in [5, 5.41) is 11.2. The average Bonchev–Trinajstić information content (AvgIpc) is 2.12. The van der Waals surface area contributed by atoms with Gasteiger partial charge >= 0.3 is 5.97 Å². The Balaban J connectivity index is 2.35. The molecular formula is C5H9NO2. The maximum atomic E-state index is 10.1. The quantitative estimate of drug-likeness (QED) is 0.467. The highest BCUT2D eigenvalue weighted by atomic mass is 16.4. The molecule has 1 aliphatic heterocycles. The van der Waals surface area contributed by atoms with E-state index in [-0.39, 0.29) is 6.04 Å². The molecule has 0 aromatic rings. The number of rotatable bonds is 1. The van der Waals surface area contributed by atoms with Gasteiger partial charge in [-0.3, -0.25) is 4.79 Å². The Kier molecular flexibility index (Phi) is 1.48. The SMILES string of the molecule is O=C(O)[13C@H]1CCCN1. The van der Waals surface area contributed by atoms with Crippen LogP contribution in [0.2, 0.25) is 0 Å². The first-order valence-electron chi connectivity index (χ1n) is 2.77. The van der Waals surface area contributed by atoms with E-state index in [1.165, 1.54) is 0 Å². The smallest absolute Gasteiger partial charge is 0.320 e. The molecule has 1 rings (SSSR count). The second-order valence-corrected chi connectivity index (χ2v) is 1.99. The van der Waals surface area contributed by atoms with Crippen molar-refractivity contribution in [2.45, 2.75) is 18.9 Å². The van der Waals surface area contributed by atoms with Crippen LogP contribution in [0.4, 0.5) is 0 Å². The number of hydrogen-bond acceptors (Lipinski definition) is 2. The molecule has 0 radical (unpaired) electrons. The molecule has 46 valence electrons. The molecule has 2 N–H and O–H groups in total. The molecule has 1 saturated heterocycles. The summed E-state index contributed by atoms with van der Waals surface area (Å²) in [6, 6.07) is -0.269. The number of aliphatic carboxylic acids is 1. The molecule has 0 aromatic carbocycles. The molecule has 3 heteroatoms. The zero-order valence-electron chi connectivity index (χ0n) is 4.55. The first kappa shape index (κ1) is 5.56. The van der Waals surface area contributed by atoms with Gasteiger partial charge in [-0.15, -0.1) is 0 Å². The zero-order valence-corrected chi connectivity index (χ0v) is 4.55. The van der Waals surface area contributed by atoms with Crippen LogP contribution in [0.15, 0.2) is 0 Å². The normalized spacial score (nSPS) is 28.2. The van der Waals surface area contributed by atoms with Crippen molar-refractivity contribution < 1.29 is 9.90 Å². The van der Waals surface area contributed by atoms with E-state index >= 15 is 0 Å². The van der Waals surface area contributed by atoms with E-state index in [4.69, 9.17) is 5.11 Å². The summed E-state index contributed by atoms with van der Waals surface area (Å²) < 4.78 is 0. The van der Waals surface area contributed by atoms with Gasteiger partial charge in [-0.25, -0.2) is 0 Å². The molecule has 0 unspecified atom stereocenters. The molecule has 0 spiro atoms. The van der Waals surface area contributed by atoms with Crippen molar-refractivity contribution in [3.05, 3.63) is 0 Å². The van der Waals surface area contributed by atoms with Crippen LogP contribution in [-0.4, -0.2) is 23.7 Å². The van der Waals surface area contributed by atoms with Gasteiger partial charge in [-0.05, 0) is 19.4 Å². The van der Waals surface area contributed by atoms with Gasteiger partial charge in [0.2, 0.25) is 0 Å². The van der Waals surface area contributed by atoms with E-state index in [0.29, 0.717) is 0 Å². The molecule has 1 aliphatic rings. The Morgan fingerprint density at radius 2 is 2.50 bits per heavy atom. The maximum absolute atomic E-state index is 10.1. The molecule has 0 aromatic heterocycles. The van der Waals surface area contributed by atoms with E-state index in [2.05, 4.69) is 5.32 Å². The summed E-state index contributed by atoms with van der Waals surface area (Å²) in [6.07, 6.45) is 1.78. The Bertz CT molecular complexity index is 96.6. The van der Waals surface area contributed by atoms with Gasteiger partial charge in [-0.1, -0.05) is 0 Å². The van der Waals surface area contributed by atoms with Crippen LogP contribution in [0.25, 0.3) is 0 Å². The third-order valence-corrected chi connectivity index (χ3v) is 1.36. The second-order valence-electron chi connectivity index (χ2n) is 1.99. The summed E-state index contributed by atoms with van der Waals surface area (Å²) in [4.78, 5) is 10.1. The Hall–Kier alpha value is -0.570. The predicted molar refractivity (Wildman–Crippen MR) is 28.7 cm³/mol.